The van der Waals surface area contributed by atoms with Crippen LogP contribution in [-0.4, -0.2) is 0 Å². The van der Waals surface area contributed by atoms with Crippen molar-refractivity contribution < 1.29 is 8.96 Å². The van der Waals surface area contributed by atoms with Crippen molar-refractivity contribution in [1.29, 1.82) is 0 Å². The SMILES string of the molecule is Cc1cc2c(cc1-c1cc(F)cc[n+]1C)-c1ccccc1C2(C)C. The lowest BCUT2D eigenvalue weighted by Gasteiger charge is -2.22. The highest BCUT2D eigenvalue weighted by Gasteiger charge is 2.36. The molecule has 4 rings (SSSR count). The molecule has 1 aromatic heterocycles. The van der Waals surface area contributed by atoms with Crippen LogP contribution in [0.1, 0.15) is 30.5 Å². The zero-order valence-corrected chi connectivity index (χ0v) is 14.5. The van der Waals surface area contributed by atoms with E-state index in [1.54, 1.807) is 12.3 Å². The molecule has 0 saturated heterocycles. The van der Waals surface area contributed by atoms with E-state index in [0.717, 1.165) is 11.3 Å². The van der Waals surface area contributed by atoms with Gasteiger partial charge in [-0.2, -0.15) is 0 Å². The first kappa shape index (κ1) is 15.1. The van der Waals surface area contributed by atoms with Crippen molar-refractivity contribution in [2.45, 2.75) is 26.2 Å². The minimum Gasteiger partial charge on any atom is -0.207 e. The molecule has 2 heteroatoms. The van der Waals surface area contributed by atoms with Crippen molar-refractivity contribution in [3.05, 3.63) is 77.2 Å². The molecule has 1 aliphatic carbocycles. The first-order valence-corrected chi connectivity index (χ1v) is 8.30. The normalized spacial score (nSPS) is 14.4. The van der Waals surface area contributed by atoms with Gasteiger partial charge in [-0.1, -0.05) is 44.2 Å². The molecule has 0 bridgehead atoms. The lowest BCUT2D eigenvalue weighted by molar-refractivity contribution is -0.660. The number of benzene rings is 2. The van der Waals surface area contributed by atoms with E-state index in [9.17, 15) is 4.39 Å². The molecule has 1 heterocycles. The van der Waals surface area contributed by atoms with Gasteiger partial charge in [0.15, 0.2) is 6.20 Å². The smallest absolute Gasteiger partial charge is 0.207 e. The highest BCUT2D eigenvalue weighted by molar-refractivity contribution is 5.84. The highest BCUT2D eigenvalue weighted by atomic mass is 19.1. The quantitative estimate of drug-likeness (QED) is 0.560. The molecule has 3 aromatic rings. The average molecular weight is 318 g/mol. The maximum atomic E-state index is 13.8. The van der Waals surface area contributed by atoms with Gasteiger partial charge in [0, 0.05) is 23.1 Å². The molecule has 0 amide bonds. The zero-order valence-electron chi connectivity index (χ0n) is 14.5. The Labute approximate surface area is 142 Å². The van der Waals surface area contributed by atoms with Gasteiger partial charge in [-0.15, -0.1) is 0 Å². The molecule has 0 radical (unpaired) electrons. The number of hydrogen-bond donors (Lipinski definition) is 0. The topological polar surface area (TPSA) is 3.88 Å². The number of pyridine rings is 1. The second-order valence-corrected chi connectivity index (χ2v) is 7.22. The second-order valence-electron chi connectivity index (χ2n) is 7.22. The van der Waals surface area contributed by atoms with Gasteiger partial charge in [0.05, 0.1) is 0 Å². The molecule has 0 aliphatic heterocycles. The molecule has 0 fully saturated rings. The van der Waals surface area contributed by atoms with E-state index in [2.05, 4.69) is 57.2 Å². The van der Waals surface area contributed by atoms with Gasteiger partial charge in [0.1, 0.15) is 12.9 Å². The number of halogens is 1. The summed E-state index contributed by atoms with van der Waals surface area (Å²) < 4.78 is 15.8. The van der Waals surface area contributed by atoms with E-state index >= 15 is 0 Å². The fourth-order valence-electron chi connectivity index (χ4n) is 3.94. The molecule has 0 spiro atoms. The molecule has 1 nitrogen and oxygen atoms in total. The third-order valence-electron chi connectivity index (χ3n) is 5.32. The predicted molar refractivity (Wildman–Crippen MR) is 95.3 cm³/mol. The van der Waals surface area contributed by atoms with Crippen LogP contribution in [0.25, 0.3) is 22.4 Å². The van der Waals surface area contributed by atoms with Crippen LogP contribution in [0.3, 0.4) is 0 Å². The number of rotatable bonds is 1. The van der Waals surface area contributed by atoms with E-state index in [-0.39, 0.29) is 11.2 Å². The van der Waals surface area contributed by atoms with Crippen LogP contribution >= 0.6 is 0 Å². The molecule has 2 aromatic carbocycles. The summed E-state index contributed by atoms with van der Waals surface area (Å²) in [5.74, 6) is -0.205. The average Bonchev–Trinajstić information content (AvgIpc) is 2.77. The summed E-state index contributed by atoms with van der Waals surface area (Å²) in [6, 6.07) is 16.2. The van der Waals surface area contributed by atoms with E-state index in [4.69, 9.17) is 0 Å². The summed E-state index contributed by atoms with van der Waals surface area (Å²) in [7, 11) is 1.96. The number of aromatic nitrogens is 1. The Morgan fingerprint density at radius 3 is 2.42 bits per heavy atom. The van der Waals surface area contributed by atoms with Crippen LogP contribution in [0.2, 0.25) is 0 Å². The van der Waals surface area contributed by atoms with Crippen molar-refractivity contribution in [3.63, 3.8) is 0 Å². The molecule has 0 atom stereocenters. The van der Waals surface area contributed by atoms with Gasteiger partial charge >= 0.3 is 0 Å². The van der Waals surface area contributed by atoms with E-state index in [1.165, 1.54) is 33.9 Å². The Balaban J connectivity index is 2.02. The summed E-state index contributed by atoms with van der Waals surface area (Å²) >= 11 is 0. The molecule has 120 valence electrons. The maximum absolute atomic E-state index is 13.8. The molecule has 0 saturated carbocycles. The number of fused-ring (bicyclic) bond motifs is 3. The summed E-state index contributed by atoms with van der Waals surface area (Å²) in [6.45, 7) is 6.66. The Bertz CT molecular complexity index is 970. The van der Waals surface area contributed by atoms with Crippen LogP contribution in [0.5, 0.6) is 0 Å². The Morgan fingerprint density at radius 1 is 0.875 bits per heavy atom. The molecular formula is C22H21FN+. The summed E-state index contributed by atoms with van der Waals surface area (Å²) in [5.41, 5.74) is 8.43. The minimum atomic E-state index is -0.205. The van der Waals surface area contributed by atoms with Gasteiger partial charge in [-0.25, -0.2) is 8.96 Å². The van der Waals surface area contributed by atoms with Crippen LogP contribution in [0.4, 0.5) is 4.39 Å². The maximum Gasteiger partial charge on any atom is 0.215 e. The van der Waals surface area contributed by atoms with Crippen LogP contribution in [0.15, 0.2) is 54.7 Å². The third-order valence-corrected chi connectivity index (χ3v) is 5.32. The fraction of sp³-hybridized carbons (Fsp3) is 0.227. The monoisotopic (exact) mass is 318 g/mol. The molecule has 24 heavy (non-hydrogen) atoms. The fourth-order valence-corrected chi connectivity index (χ4v) is 3.94. The zero-order chi connectivity index (χ0) is 17.1. The van der Waals surface area contributed by atoms with Crippen LogP contribution in [-0.2, 0) is 12.5 Å². The Hall–Kier alpha value is -2.48. The summed E-state index contributed by atoms with van der Waals surface area (Å²) in [6.07, 6.45) is 1.77. The first-order valence-electron chi connectivity index (χ1n) is 8.30. The van der Waals surface area contributed by atoms with E-state index < -0.39 is 0 Å². The lowest BCUT2D eigenvalue weighted by atomic mass is 9.81. The van der Waals surface area contributed by atoms with Gasteiger partial charge in [-0.3, -0.25) is 0 Å². The lowest BCUT2D eigenvalue weighted by Crippen LogP contribution is -2.30. The Kier molecular flexibility index (Phi) is 3.14. The van der Waals surface area contributed by atoms with Gasteiger partial charge in [-0.05, 0) is 40.8 Å². The Morgan fingerprint density at radius 2 is 1.62 bits per heavy atom. The van der Waals surface area contributed by atoms with Gasteiger partial charge < -0.3 is 0 Å². The van der Waals surface area contributed by atoms with Crippen molar-refractivity contribution in [1.82, 2.24) is 0 Å². The van der Waals surface area contributed by atoms with E-state index in [1.807, 2.05) is 11.6 Å². The summed E-state index contributed by atoms with van der Waals surface area (Å²) in [4.78, 5) is 0. The van der Waals surface area contributed by atoms with Crippen molar-refractivity contribution in [2.24, 2.45) is 7.05 Å². The second kappa shape index (κ2) is 5.01. The van der Waals surface area contributed by atoms with Crippen LogP contribution in [0, 0.1) is 12.7 Å². The minimum absolute atomic E-state index is 0.000653. The molecular weight excluding hydrogens is 297 g/mol. The van der Waals surface area contributed by atoms with Crippen molar-refractivity contribution in [2.75, 3.05) is 0 Å². The van der Waals surface area contributed by atoms with Gasteiger partial charge in [0.2, 0.25) is 5.69 Å². The number of aryl methyl sites for hydroxylation is 2. The number of nitrogens with zero attached hydrogens (tertiary/aromatic N) is 1. The van der Waals surface area contributed by atoms with Gasteiger partial charge in [0.25, 0.3) is 0 Å². The molecule has 0 unspecified atom stereocenters. The highest BCUT2D eigenvalue weighted by Crippen LogP contribution is 2.49. The predicted octanol–water partition coefficient (Wildman–Crippen LogP) is 4.93. The van der Waals surface area contributed by atoms with Crippen molar-refractivity contribution >= 4 is 0 Å². The largest absolute Gasteiger partial charge is 0.215 e. The molecule has 0 N–H and O–H groups in total. The molecule has 1 aliphatic rings. The summed E-state index contributed by atoms with van der Waals surface area (Å²) in [5, 5.41) is 0. The van der Waals surface area contributed by atoms with E-state index in [0.29, 0.717) is 0 Å². The third kappa shape index (κ3) is 2.02. The first-order chi connectivity index (χ1) is 11.4. The van der Waals surface area contributed by atoms with Crippen molar-refractivity contribution in [3.8, 4) is 22.4 Å². The standard InChI is InChI=1S/C22H21FN/c1-14-11-20-18(16-7-5-6-8-19(16)22(20,2)3)13-17(14)21-12-15(23)9-10-24(21)4/h5-13H,1-4H3/q+1. The number of hydrogen-bond acceptors (Lipinski definition) is 0. The van der Waals surface area contributed by atoms with Crippen LogP contribution < -0.4 is 4.57 Å².